The van der Waals surface area contributed by atoms with Crippen molar-refractivity contribution < 1.29 is 18.0 Å². The van der Waals surface area contributed by atoms with Crippen LogP contribution in [0.2, 0.25) is 0 Å². The highest BCUT2D eigenvalue weighted by Gasteiger charge is 2.40. The van der Waals surface area contributed by atoms with Crippen LogP contribution in [0.5, 0.6) is 0 Å². The summed E-state index contributed by atoms with van der Waals surface area (Å²) in [7, 11) is -3.81. The number of benzene rings is 2. The molecule has 0 saturated carbocycles. The van der Waals surface area contributed by atoms with Gasteiger partial charge in [-0.2, -0.15) is 0 Å². The van der Waals surface area contributed by atoms with Crippen LogP contribution in [0.25, 0.3) is 0 Å². The third kappa shape index (κ3) is 3.48. The Morgan fingerprint density at radius 3 is 2.42 bits per heavy atom. The average Bonchev–Trinajstić information content (AvgIpc) is 2.83. The number of hydrogen-bond acceptors (Lipinski definition) is 4. The molecule has 3 rings (SSSR count). The molecule has 0 spiro atoms. The van der Waals surface area contributed by atoms with Gasteiger partial charge >= 0.3 is 0 Å². The average molecular weight is 372 g/mol. The van der Waals surface area contributed by atoms with Crippen molar-refractivity contribution in [1.82, 2.24) is 9.62 Å². The van der Waals surface area contributed by atoms with Gasteiger partial charge in [-0.15, -0.1) is 0 Å². The number of nitrogens with zero attached hydrogens (tertiary/aromatic N) is 1. The molecule has 26 heavy (non-hydrogen) atoms. The summed E-state index contributed by atoms with van der Waals surface area (Å²) >= 11 is 0. The summed E-state index contributed by atoms with van der Waals surface area (Å²) in [6.45, 7) is 1.88. The standard InChI is InChI=1S/C19H20N2O4S/c1-14(15-8-3-2-4-9-15)20-18(22)12-7-13-21-19(23)16-10-5-6-11-17(16)26(21,24)25/h2-6,8-11,14H,7,12-13H2,1H3,(H,20,22)/t14-/m0/s1. The van der Waals surface area contributed by atoms with Gasteiger partial charge in [-0.1, -0.05) is 42.5 Å². The van der Waals surface area contributed by atoms with Gasteiger partial charge in [-0.25, -0.2) is 12.7 Å². The van der Waals surface area contributed by atoms with E-state index in [0.29, 0.717) is 0 Å². The molecule has 2 aromatic rings. The molecular formula is C19H20N2O4S. The minimum Gasteiger partial charge on any atom is -0.350 e. The number of hydrogen-bond donors (Lipinski definition) is 1. The number of fused-ring (bicyclic) bond motifs is 1. The van der Waals surface area contributed by atoms with Crippen LogP contribution in [0, 0.1) is 0 Å². The maximum atomic E-state index is 12.4. The highest BCUT2D eigenvalue weighted by Crippen LogP contribution is 2.30. The second-order valence-corrected chi connectivity index (χ2v) is 8.01. The Morgan fingerprint density at radius 1 is 1.08 bits per heavy atom. The Hall–Kier alpha value is -2.67. The van der Waals surface area contributed by atoms with Gasteiger partial charge in [-0.3, -0.25) is 9.59 Å². The van der Waals surface area contributed by atoms with E-state index in [0.717, 1.165) is 9.87 Å². The van der Waals surface area contributed by atoms with Crippen LogP contribution in [0.1, 0.15) is 41.7 Å². The van der Waals surface area contributed by atoms with Crippen LogP contribution in [-0.2, 0) is 14.8 Å². The number of nitrogens with one attached hydrogen (secondary N) is 1. The second kappa shape index (κ2) is 7.29. The van der Waals surface area contributed by atoms with Crippen molar-refractivity contribution in [3.05, 3.63) is 65.7 Å². The first-order valence-corrected chi connectivity index (χ1v) is 9.85. The minimum absolute atomic E-state index is 0.0109. The Kier molecular flexibility index (Phi) is 5.08. The maximum Gasteiger partial charge on any atom is 0.269 e. The smallest absolute Gasteiger partial charge is 0.269 e. The van der Waals surface area contributed by atoms with E-state index < -0.39 is 15.9 Å². The topological polar surface area (TPSA) is 83.6 Å². The molecule has 0 bridgehead atoms. The maximum absolute atomic E-state index is 12.4. The molecule has 1 heterocycles. The Morgan fingerprint density at radius 2 is 1.73 bits per heavy atom. The summed E-state index contributed by atoms with van der Waals surface area (Å²) in [5.41, 5.74) is 1.18. The zero-order chi connectivity index (χ0) is 18.7. The summed E-state index contributed by atoms with van der Waals surface area (Å²) in [6, 6.07) is 15.6. The highest BCUT2D eigenvalue weighted by molar-refractivity contribution is 7.90. The van der Waals surface area contributed by atoms with Crippen molar-refractivity contribution in [1.29, 1.82) is 0 Å². The van der Waals surface area contributed by atoms with Gasteiger partial charge in [0.25, 0.3) is 15.9 Å². The first-order valence-electron chi connectivity index (χ1n) is 8.41. The fourth-order valence-corrected chi connectivity index (χ4v) is 4.58. The van der Waals surface area contributed by atoms with Crippen molar-refractivity contribution in [2.24, 2.45) is 0 Å². The molecule has 1 N–H and O–H groups in total. The summed E-state index contributed by atoms with van der Waals surface area (Å²) in [6.07, 6.45) is 0.416. The van der Waals surface area contributed by atoms with E-state index in [2.05, 4.69) is 5.32 Å². The van der Waals surface area contributed by atoms with E-state index in [1.165, 1.54) is 12.1 Å². The summed E-state index contributed by atoms with van der Waals surface area (Å²) in [5.74, 6) is -0.707. The normalized spacial score (nSPS) is 16.2. The lowest BCUT2D eigenvalue weighted by Gasteiger charge is -2.16. The van der Waals surface area contributed by atoms with Crippen LogP contribution >= 0.6 is 0 Å². The molecule has 136 valence electrons. The van der Waals surface area contributed by atoms with Gasteiger partial charge in [0.05, 0.1) is 11.6 Å². The molecule has 0 saturated heterocycles. The van der Waals surface area contributed by atoms with Crippen molar-refractivity contribution in [3.8, 4) is 0 Å². The molecule has 1 aliphatic rings. The molecule has 0 aromatic heterocycles. The zero-order valence-corrected chi connectivity index (χ0v) is 15.2. The lowest BCUT2D eigenvalue weighted by molar-refractivity contribution is -0.121. The van der Waals surface area contributed by atoms with Crippen LogP contribution in [-0.4, -0.2) is 31.1 Å². The second-order valence-electron chi connectivity index (χ2n) is 6.18. The largest absolute Gasteiger partial charge is 0.350 e. The fraction of sp³-hybridized carbons (Fsp3) is 0.263. The van der Waals surface area contributed by atoms with Gasteiger partial charge in [0, 0.05) is 13.0 Å². The lowest BCUT2D eigenvalue weighted by atomic mass is 10.1. The fourth-order valence-electron chi connectivity index (χ4n) is 2.97. The van der Waals surface area contributed by atoms with Gasteiger partial charge < -0.3 is 5.32 Å². The predicted molar refractivity (Wildman–Crippen MR) is 96.9 cm³/mol. The molecule has 1 aliphatic heterocycles. The number of sulfonamides is 1. The van der Waals surface area contributed by atoms with Crippen molar-refractivity contribution in [2.45, 2.75) is 30.7 Å². The Bertz CT molecular complexity index is 926. The number of amides is 2. The first-order chi connectivity index (χ1) is 12.4. The van der Waals surface area contributed by atoms with Gasteiger partial charge in [0.1, 0.15) is 4.90 Å². The van der Waals surface area contributed by atoms with Crippen molar-refractivity contribution in [3.63, 3.8) is 0 Å². The van der Waals surface area contributed by atoms with E-state index in [-0.39, 0.29) is 41.8 Å². The summed E-state index contributed by atoms with van der Waals surface area (Å²) in [5, 5.41) is 2.88. The highest BCUT2D eigenvalue weighted by atomic mass is 32.2. The zero-order valence-electron chi connectivity index (χ0n) is 14.4. The molecule has 1 atom stereocenters. The van der Waals surface area contributed by atoms with Crippen molar-refractivity contribution >= 4 is 21.8 Å². The van der Waals surface area contributed by atoms with Gasteiger partial charge in [0.2, 0.25) is 5.91 Å². The Balaban J connectivity index is 1.56. The minimum atomic E-state index is -3.81. The number of carbonyl (C=O) groups is 2. The SMILES string of the molecule is C[C@H](NC(=O)CCCN1C(=O)c2ccccc2S1(=O)=O)c1ccccc1. The van der Waals surface area contributed by atoms with E-state index in [1.807, 2.05) is 37.3 Å². The summed E-state index contributed by atoms with van der Waals surface area (Å²) in [4.78, 5) is 24.4. The monoisotopic (exact) mass is 372 g/mol. The molecule has 0 radical (unpaired) electrons. The first kappa shape index (κ1) is 18.1. The van der Waals surface area contributed by atoms with Gasteiger partial charge in [-0.05, 0) is 31.0 Å². The third-order valence-corrected chi connectivity index (χ3v) is 6.19. The van der Waals surface area contributed by atoms with E-state index in [1.54, 1.807) is 12.1 Å². The van der Waals surface area contributed by atoms with Crippen LogP contribution < -0.4 is 5.32 Å². The molecule has 0 fully saturated rings. The van der Waals surface area contributed by atoms with E-state index in [4.69, 9.17) is 0 Å². The van der Waals surface area contributed by atoms with Crippen molar-refractivity contribution in [2.75, 3.05) is 6.54 Å². The predicted octanol–water partition coefficient (Wildman–Crippen LogP) is 2.49. The van der Waals surface area contributed by atoms with Crippen LogP contribution in [0.4, 0.5) is 0 Å². The number of carbonyl (C=O) groups excluding carboxylic acids is 2. The molecule has 2 amide bonds. The molecule has 7 heteroatoms. The van der Waals surface area contributed by atoms with Crippen LogP contribution in [0.3, 0.4) is 0 Å². The molecule has 0 aliphatic carbocycles. The third-order valence-electron chi connectivity index (χ3n) is 4.35. The number of rotatable bonds is 6. The van der Waals surface area contributed by atoms with Crippen LogP contribution in [0.15, 0.2) is 59.5 Å². The van der Waals surface area contributed by atoms with Gasteiger partial charge in [0.15, 0.2) is 0 Å². The Labute approximate surface area is 152 Å². The van der Waals surface area contributed by atoms with E-state index >= 15 is 0 Å². The molecular weight excluding hydrogens is 352 g/mol. The summed E-state index contributed by atoms with van der Waals surface area (Å²) < 4.78 is 25.7. The lowest BCUT2D eigenvalue weighted by Crippen LogP contribution is -2.32. The molecule has 2 aromatic carbocycles. The van der Waals surface area contributed by atoms with E-state index in [9.17, 15) is 18.0 Å². The molecule has 0 unspecified atom stereocenters. The molecule has 6 nitrogen and oxygen atoms in total. The quantitative estimate of drug-likeness (QED) is 0.844.